The van der Waals surface area contributed by atoms with E-state index >= 15 is 0 Å². The van der Waals surface area contributed by atoms with Gasteiger partial charge in [0.1, 0.15) is 28.9 Å². The number of fused-ring (bicyclic) bond motifs is 3. The number of hydrogen-bond donors (Lipinski definition) is 1. The number of benzene rings is 2. The predicted octanol–water partition coefficient (Wildman–Crippen LogP) is 6.61. The number of alkyl halides is 4. The number of carbonyl (C=O) groups excluding carboxylic acids is 1. The van der Waals surface area contributed by atoms with Crippen LogP contribution >= 0.6 is 15.9 Å². The second-order valence-corrected chi connectivity index (χ2v) is 8.78. The van der Waals surface area contributed by atoms with Crippen molar-refractivity contribution in [3.63, 3.8) is 0 Å². The van der Waals surface area contributed by atoms with Crippen molar-refractivity contribution in [2.24, 2.45) is 0 Å². The highest BCUT2D eigenvalue weighted by Gasteiger charge is 2.44. The fraction of sp³-hybridized carbons (Fsp3) is 0.409. The van der Waals surface area contributed by atoms with Crippen LogP contribution in [-0.4, -0.2) is 30.5 Å². The molecule has 31 heavy (non-hydrogen) atoms. The third kappa shape index (κ3) is 5.57. The van der Waals surface area contributed by atoms with E-state index in [-0.39, 0.29) is 17.8 Å². The first kappa shape index (κ1) is 23.5. The van der Waals surface area contributed by atoms with E-state index in [9.17, 15) is 22.4 Å². The first-order valence-electron chi connectivity index (χ1n) is 9.69. The molecule has 0 fully saturated rings. The van der Waals surface area contributed by atoms with Crippen molar-refractivity contribution in [3.8, 4) is 0 Å². The van der Waals surface area contributed by atoms with E-state index < -0.39 is 36.3 Å². The minimum Gasteiger partial charge on any atom is -0.465 e. The van der Waals surface area contributed by atoms with Gasteiger partial charge in [-0.1, -0.05) is 28.1 Å². The molecule has 3 rings (SSSR count). The molecule has 0 aliphatic heterocycles. The minimum absolute atomic E-state index is 0.0269. The van der Waals surface area contributed by atoms with E-state index in [1.54, 1.807) is 18.2 Å². The van der Waals surface area contributed by atoms with Gasteiger partial charge in [-0.25, -0.2) is 4.39 Å². The molecular formula is C22H22BrF4NO3. The second-order valence-electron chi connectivity index (χ2n) is 7.87. The Morgan fingerprint density at radius 3 is 2.42 bits per heavy atom. The van der Waals surface area contributed by atoms with Gasteiger partial charge < -0.3 is 9.15 Å². The number of halogens is 5. The van der Waals surface area contributed by atoms with Crippen LogP contribution in [0.4, 0.5) is 17.6 Å². The summed E-state index contributed by atoms with van der Waals surface area (Å²) >= 11 is 3.37. The second kappa shape index (κ2) is 8.78. The van der Waals surface area contributed by atoms with Gasteiger partial charge in [-0.15, -0.1) is 0 Å². The monoisotopic (exact) mass is 503 g/mol. The molecular weight excluding hydrogens is 482 g/mol. The maximum Gasteiger partial charge on any atom is 0.407 e. The Morgan fingerprint density at radius 2 is 1.81 bits per heavy atom. The quantitative estimate of drug-likeness (QED) is 0.291. The fourth-order valence-corrected chi connectivity index (χ4v) is 3.83. The number of nitrogens with one attached hydrogen (secondary N) is 1. The lowest BCUT2D eigenvalue weighted by molar-refractivity contribution is -0.165. The van der Waals surface area contributed by atoms with Crippen molar-refractivity contribution in [1.29, 1.82) is 0 Å². The van der Waals surface area contributed by atoms with Crippen LogP contribution in [0, 0.1) is 0 Å². The molecule has 1 N–H and O–H groups in total. The fourth-order valence-electron chi connectivity index (χ4n) is 3.47. The third-order valence-corrected chi connectivity index (χ3v) is 5.24. The van der Waals surface area contributed by atoms with Gasteiger partial charge in [-0.3, -0.25) is 10.1 Å². The van der Waals surface area contributed by atoms with Gasteiger partial charge in [0.05, 0.1) is 6.61 Å². The third-order valence-electron chi connectivity index (χ3n) is 4.75. The first-order valence-corrected chi connectivity index (χ1v) is 10.5. The molecule has 0 saturated heterocycles. The highest BCUT2D eigenvalue weighted by atomic mass is 79.9. The number of esters is 1. The summed E-state index contributed by atoms with van der Waals surface area (Å²) in [7, 11) is 0. The van der Waals surface area contributed by atoms with E-state index in [4.69, 9.17) is 9.15 Å². The molecule has 0 saturated carbocycles. The Bertz CT molecular complexity index is 1090. The average molecular weight is 504 g/mol. The van der Waals surface area contributed by atoms with Crippen LogP contribution in [0.25, 0.3) is 21.9 Å². The lowest BCUT2D eigenvalue weighted by atomic mass is 9.97. The molecule has 1 aromatic heterocycles. The molecule has 0 aliphatic rings. The number of rotatable bonds is 7. The van der Waals surface area contributed by atoms with E-state index in [1.165, 1.54) is 32.9 Å². The summed E-state index contributed by atoms with van der Waals surface area (Å²) in [5.74, 6) is -0.933. The average Bonchev–Trinajstić information content (AvgIpc) is 3.00. The number of carbonyl (C=O) groups is 1. The zero-order chi connectivity index (χ0) is 23.0. The molecule has 0 spiro atoms. The molecule has 9 heteroatoms. The molecule has 1 heterocycles. The summed E-state index contributed by atoms with van der Waals surface area (Å²) < 4.78 is 67.5. The molecule has 4 nitrogen and oxygen atoms in total. The van der Waals surface area contributed by atoms with Crippen molar-refractivity contribution < 1.29 is 31.5 Å². The van der Waals surface area contributed by atoms with Crippen molar-refractivity contribution in [2.75, 3.05) is 6.61 Å². The summed E-state index contributed by atoms with van der Waals surface area (Å²) in [4.78, 5) is 12.2. The lowest BCUT2D eigenvalue weighted by Crippen LogP contribution is -2.47. The topological polar surface area (TPSA) is 51.5 Å². The standard InChI is InChI=1S/C22H22BrF4NO3/c1-4-30-20(29)16(11-21(2,3)24)28-19(22(25,26)27)12-5-7-14-15-10-13(23)6-8-17(15)31-18(14)9-12/h5-10,16,19,28H,4,11H2,1-3H3/t16-,19-/m0/s1. The van der Waals surface area contributed by atoms with Crippen LogP contribution in [-0.2, 0) is 9.53 Å². The Balaban J connectivity index is 2.02. The van der Waals surface area contributed by atoms with Gasteiger partial charge in [0.2, 0.25) is 0 Å². The van der Waals surface area contributed by atoms with Crippen LogP contribution in [0.5, 0.6) is 0 Å². The lowest BCUT2D eigenvalue weighted by Gasteiger charge is -2.29. The Hall–Kier alpha value is -2.13. The van der Waals surface area contributed by atoms with Crippen LogP contribution < -0.4 is 5.32 Å². The normalized spacial score (nSPS) is 14.7. The van der Waals surface area contributed by atoms with Crippen LogP contribution in [0.2, 0.25) is 0 Å². The van der Waals surface area contributed by atoms with E-state index in [2.05, 4.69) is 21.2 Å². The summed E-state index contributed by atoms with van der Waals surface area (Å²) in [6.45, 7) is 3.90. The van der Waals surface area contributed by atoms with Gasteiger partial charge in [0.15, 0.2) is 0 Å². The number of hydrogen-bond acceptors (Lipinski definition) is 4. The summed E-state index contributed by atoms with van der Waals surface area (Å²) in [5.41, 5.74) is -1.21. The van der Waals surface area contributed by atoms with Crippen LogP contribution in [0.3, 0.4) is 0 Å². The van der Waals surface area contributed by atoms with Crippen molar-refractivity contribution in [3.05, 3.63) is 46.4 Å². The van der Waals surface area contributed by atoms with Crippen molar-refractivity contribution in [1.82, 2.24) is 5.32 Å². The van der Waals surface area contributed by atoms with Crippen LogP contribution in [0.15, 0.2) is 45.3 Å². The molecule has 168 valence electrons. The van der Waals surface area contributed by atoms with Gasteiger partial charge in [0.25, 0.3) is 0 Å². The number of ether oxygens (including phenoxy) is 1. The Labute approximate surface area is 185 Å². The number of furan rings is 1. The zero-order valence-corrected chi connectivity index (χ0v) is 18.7. The summed E-state index contributed by atoms with van der Waals surface area (Å²) in [6.07, 6.45) is -5.22. The van der Waals surface area contributed by atoms with E-state index in [0.717, 1.165) is 9.86 Å². The Kier molecular flexibility index (Phi) is 6.67. The molecule has 0 radical (unpaired) electrons. The van der Waals surface area contributed by atoms with Gasteiger partial charge in [0, 0.05) is 21.7 Å². The molecule has 0 aliphatic carbocycles. The molecule has 0 bridgehead atoms. The summed E-state index contributed by atoms with van der Waals surface area (Å²) in [5, 5.41) is 3.69. The molecule has 2 atom stereocenters. The van der Waals surface area contributed by atoms with E-state index in [0.29, 0.717) is 11.0 Å². The van der Waals surface area contributed by atoms with Gasteiger partial charge in [-0.2, -0.15) is 13.2 Å². The van der Waals surface area contributed by atoms with Gasteiger partial charge in [-0.05, 0) is 50.6 Å². The highest BCUT2D eigenvalue weighted by molar-refractivity contribution is 9.10. The van der Waals surface area contributed by atoms with Crippen LogP contribution in [0.1, 0.15) is 38.8 Å². The molecule has 2 aromatic carbocycles. The molecule has 0 amide bonds. The molecule has 0 unspecified atom stereocenters. The maximum absolute atomic E-state index is 14.2. The zero-order valence-electron chi connectivity index (χ0n) is 17.1. The first-order chi connectivity index (χ1) is 14.4. The molecule has 3 aromatic rings. The SMILES string of the molecule is CCOC(=O)[C@H](CC(C)(C)F)N[C@@H](c1ccc2c(c1)oc1ccc(Br)cc12)C(F)(F)F. The Morgan fingerprint density at radius 1 is 1.10 bits per heavy atom. The smallest absolute Gasteiger partial charge is 0.407 e. The predicted molar refractivity (Wildman–Crippen MR) is 114 cm³/mol. The summed E-state index contributed by atoms with van der Waals surface area (Å²) in [6, 6.07) is 5.78. The largest absolute Gasteiger partial charge is 0.465 e. The minimum atomic E-state index is -4.74. The van der Waals surface area contributed by atoms with E-state index in [1.807, 2.05) is 6.07 Å². The van der Waals surface area contributed by atoms with Crippen molar-refractivity contribution in [2.45, 2.75) is 51.1 Å². The van der Waals surface area contributed by atoms with Gasteiger partial charge >= 0.3 is 12.1 Å². The van der Waals surface area contributed by atoms with Crippen molar-refractivity contribution >= 4 is 43.8 Å². The highest BCUT2D eigenvalue weighted by Crippen LogP contribution is 2.38. The maximum atomic E-state index is 14.2.